The van der Waals surface area contributed by atoms with Crippen molar-refractivity contribution in [3.05, 3.63) is 52.2 Å². The maximum atomic E-state index is 12.0. The van der Waals surface area contributed by atoms with Crippen LogP contribution in [0.3, 0.4) is 0 Å². The van der Waals surface area contributed by atoms with Gasteiger partial charge in [0.1, 0.15) is 5.75 Å². The van der Waals surface area contributed by atoms with E-state index in [0.717, 1.165) is 24.7 Å². The molecule has 0 atom stereocenters. The number of rotatable bonds is 8. The van der Waals surface area contributed by atoms with E-state index in [1.807, 2.05) is 0 Å². The van der Waals surface area contributed by atoms with Crippen LogP contribution in [-0.4, -0.2) is 45.7 Å². The van der Waals surface area contributed by atoms with Gasteiger partial charge < -0.3 is 20.7 Å². The number of guanidine groups is 1. The second kappa shape index (κ2) is 12.5. The van der Waals surface area contributed by atoms with Crippen LogP contribution in [0.4, 0.5) is 0 Å². The van der Waals surface area contributed by atoms with E-state index in [1.165, 1.54) is 4.88 Å². The van der Waals surface area contributed by atoms with E-state index in [4.69, 9.17) is 4.74 Å². The molecule has 0 aliphatic carbocycles. The summed E-state index contributed by atoms with van der Waals surface area (Å²) in [5.74, 6) is 1.36. The van der Waals surface area contributed by atoms with Crippen molar-refractivity contribution >= 4 is 47.2 Å². The first-order valence-corrected chi connectivity index (χ1v) is 9.00. The van der Waals surface area contributed by atoms with Crippen LogP contribution < -0.4 is 20.7 Å². The summed E-state index contributed by atoms with van der Waals surface area (Å²) < 4.78 is 5.08. The Morgan fingerprint density at radius 1 is 1.08 bits per heavy atom. The average molecular weight is 488 g/mol. The molecule has 0 bridgehead atoms. The molecule has 142 valence electrons. The van der Waals surface area contributed by atoms with Gasteiger partial charge in [-0.15, -0.1) is 35.3 Å². The van der Waals surface area contributed by atoms with E-state index < -0.39 is 0 Å². The van der Waals surface area contributed by atoms with Gasteiger partial charge in [0, 0.05) is 37.1 Å². The number of nitrogens with zero attached hydrogens (tertiary/aromatic N) is 1. The first-order chi connectivity index (χ1) is 12.2. The lowest BCUT2D eigenvalue weighted by molar-refractivity contribution is 0.0954. The van der Waals surface area contributed by atoms with Crippen molar-refractivity contribution in [2.45, 2.75) is 6.42 Å². The summed E-state index contributed by atoms with van der Waals surface area (Å²) >= 11 is 1.75. The van der Waals surface area contributed by atoms with Gasteiger partial charge in [-0.2, -0.15) is 0 Å². The van der Waals surface area contributed by atoms with Gasteiger partial charge in [0.2, 0.25) is 0 Å². The highest BCUT2D eigenvalue weighted by atomic mass is 127. The van der Waals surface area contributed by atoms with Gasteiger partial charge >= 0.3 is 0 Å². The molecule has 1 heterocycles. The van der Waals surface area contributed by atoms with Crippen LogP contribution in [0.2, 0.25) is 0 Å². The summed E-state index contributed by atoms with van der Waals surface area (Å²) in [6.07, 6.45) is 0.965. The van der Waals surface area contributed by atoms with Gasteiger partial charge in [-0.3, -0.25) is 9.79 Å². The molecule has 2 rings (SSSR count). The topological polar surface area (TPSA) is 74.8 Å². The van der Waals surface area contributed by atoms with Crippen molar-refractivity contribution in [1.82, 2.24) is 16.0 Å². The Morgan fingerprint density at radius 3 is 2.38 bits per heavy atom. The maximum absolute atomic E-state index is 12.0. The molecule has 0 aliphatic rings. The first kappa shape index (κ1) is 22.2. The van der Waals surface area contributed by atoms with Crippen molar-refractivity contribution in [3.63, 3.8) is 0 Å². The fourth-order valence-corrected chi connectivity index (χ4v) is 2.89. The molecule has 0 saturated carbocycles. The van der Waals surface area contributed by atoms with Crippen molar-refractivity contribution in [2.75, 3.05) is 33.8 Å². The molecule has 3 N–H and O–H groups in total. The smallest absolute Gasteiger partial charge is 0.251 e. The second-order valence-electron chi connectivity index (χ2n) is 5.24. The van der Waals surface area contributed by atoms with Gasteiger partial charge in [0.15, 0.2) is 5.96 Å². The fraction of sp³-hybridized carbons (Fsp3) is 0.333. The summed E-state index contributed by atoms with van der Waals surface area (Å²) in [6.45, 7) is 1.93. The van der Waals surface area contributed by atoms with Gasteiger partial charge in [0.25, 0.3) is 5.91 Å². The number of hydrogen-bond donors (Lipinski definition) is 3. The molecule has 1 aromatic carbocycles. The number of ether oxygens (including phenoxy) is 1. The summed E-state index contributed by atoms with van der Waals surface area (Å²) in [5.41, 5.74) is 0.610. The van der Waals surface area contributed by atoms with Crippen LogP contribution in [0.15, 0.2) is 46.8 Å². The lowest BCUT2D eigenvalue weighted by Crippen LogP contribution is -2.42. The van der Waals surface area contributed by atoms with E-state index in [0.29, 0.717) is 18.7 Å². The van der Waals surface area contributed by atoms with Crippen molar-refractivity contribution in [1.29, 1.82) is 0 Å². The number of thiophene rings is 1. The Morgan fingerprint density at radius 2 is 1.77 bits per heavy atom. The minimum atomic E-state index is -0.106. The predicted molar refractivity (Wildman–Crippen MR) is 118 cm³/mol. The average Bonchev–Trinajstić information content (AvgIpc) is 3.17. The number of benzene rings is 1. The first-order valence-electron chi connectivity index (χ1n) is 8.12. The number of carbonyl (C=O) groups excluding carboxylic acids is 1. The number of carbonyl (C=O) groups is 1. The Balaban J connectivity index is 0.00000338. The van der Waals surface area contributed by atoms with E-state index in [1.54, 1.807) is 49.8 Å². The number of methoxy groups -OCH3 is 1. The monoisotopic (exact) mass is 488 g/mol. The molecule has 0 unspecified atom stereocenters. The highest BCUT2D eigenvalue weighted by molar-refractivity contribution is 14.0. The third kappa shape index (κ3) is 7.61. The van der Waals surface area contributed by atoms with E-state index in [2.05, 4.69) is 38.5 Å². The van der Waals surface area contributed by atoms with Crippen LogP contribution >= 0.6 is 35.3 Å². The highest BCUT2D eigenvalue weighted by Gasteiger charge is 2.05. The normalized spacial score (nSPS) is 10.6. The number of halogens is 1. The number of aliphatic imine (C=N–C) groups is 1. The summed E-state index contributed by atoms with van der Waals surface area (Å²) in [4.78, 5) is 17.6. The summed E-state index contributed by atoms with van der Waals surface area (Å²) in [7, 11) is 3.33. The molecule has 8 heteroatoms. The zero-order valence-electron chi connectivity index (χ0n) is 15.0. The maximum Gasteiger partial charge on any atom is 0.251 e. The molecule has 2 aromatic rings. The minimum Gasteiger partial charge on any atom is -0.497 e. The molecule has 1 aromatic heterocycles. The Kier molecular flexibility index (Phi) is 10.7. The van der Waals surface area contributed by atoms with Crippen LogP contribution in [0, 0.1) is 0 Å². The Labute approximate surface area is 175 Å². The van der Waals surface area contributed by atoms with Crippen LogP contribution in [0.5, 0.6) is 5.75 Å². The largest absolute Gasteiger partial charge is 0.497 e. The highest BCUT2D eigenvalue weighted by Crippen LogP contribution is 2.11. The zero-order valence-corrected chi connectivity index (χ0v) is 18.1. The van der Waals surface area contributed by atoms with Crippen molar-refractivity contribution in [3.8, 4) is 5.75 Å². The Bertz CT molecular complexity index is 675. The van der Waals surface area contributed by atoms with E-state index >= 15 is 0 Å². The third-order valence-electron chi connectivity index (χ3n) is 3.52. The molecule has 0 aliphatic heterocycles. The lowest BCUT2D eigenvalue weighted by Gasteiger charge is -2.12. The van der Waals surface area contributed by atoms with Gasteiger partial charge in [0.05, 0.1) is 7.11 Å². The lowest BCUT2D eigenvalue weighted by atomic mass is 10.2. The number of nitrogens with one attached hydrogen (secondary N) is 3. The quantitative estimate of drug-likeness (QED) is 0.231. The SMILES string of the molecule is CN=C(NCCNC(=O)c1ccc(OC)cc1)NCCc1cccs1.I. The summed E-state index contributed by atoms with van der Waals surface area (Å²) in [6, 6.07) is 11.2. The zero-order chi connectivity index (χ0) is 17.9. The molecule has 6 nitrogen and oxygen atoms in total. The molecule has 0 saturated heterocycles. The van der Waals surface area contributed by atoms with E-state index in [-0.39, 0.29) is 29.9 Å². The standard InChI is InChI=1S/C18H24N4O2S.HI/c1-19-18(21-10-9-16-4-3-13-25-16)22-12-11-20-17(23)14-5-7-15(24-2)8-6-14;/h3-8,13H,9-12H2,1-2H3,(H,20,23)(H2,19,21,22);1H. The van der Waals surface area contributed by atoms with Gasteiger partial charge in [-0.1, -0.05) is 6.07 Å². The fourth-order valence-electron chi connectivity index (χ4n) is 2.18. The molecular weight excluding hydrogens is 463 g/mol. The molecular formula is C18H25IN4O2S. The number of amides is 1. The molecule has 0 spiro atoms. The van der Waals surface area contributed by atoms with Gasteiger partial charge in [-0.05, 0) is 42.1 Å². The van der Waals surface area contributed by atoms with Crippen LogP contribution in [0.1, 0.15) is 15.2 Å². The predicted octanol–water partition coefficient (Wildman–Crippen LogP) is 2.51. The van der Waals surface area contributed by atoms with E-state index in [9.17, 15) is 4.79 Å². The number of hydrogen-bond acceptors (Lipinski definition) is 4. The minimum absolute atomic E-state index is 0. The van der Waals surface area contributed by atoms with Crippen molar-refractivity contribution < 1.29 is 9.53 Å². The Hall–Kier alpha value is -1.81. The third-order valence-corrected chi connectivity index (χ3v) is 4.46. The molecule has 0 fully saturated rings. The van der Waals surface area contributed by atoms with Crippen molar-refractivity contribution in [2.24, 2.45) is 4.99 Å². The summed E-state index contributed by atoms with van der Waals surface area (Å²) in [5, 5.41) is 11.4. The van der Waals surface area contributed by atoms with Gasteiger partial charge in [-0.25, -0.2) is 0 Å². The van der Waals surface area contributed by atoms with Crippen LogP contribution in [-0.2, 0) is 6.42 Å². The molecule has 0 radical (unpaired) electrons. The second-order valence-corrected chi connectivity index (χ2v) is 6.27. The molecule has 1 amide bonds. The molecule has 26 heavy (non-hydrogen) atoms. The van der Waals surface area contributed by atoms with Crippen LogP contribution in [0.25, 0.3) is 0 Å².